The number of carbonyl (C=O) groups is 1. The minimum absolute atomic E-state index is 0.0643. The van der Waals surface area contributed by atoms with Crippen molar-refractivity contribution in [2.45, 2.75) is 19.4 Å². The molecule has 4 rings (SSSR count). The average molecular weight is 389 g/mol. The van der Waals surface area contributed by atoms with Gasteiger partial charge in [-0.3, -0.25) is 0 Å². The first-order valence-corrected chi connectivity index (χ1v) is 8.66. The summed E-state index contributed by atoms with van der Waals surface area (Å²) in [6, 6.07) is 12.5. The predicted octanol–water partition coefficient (Wildman–Crippen LogP) is 5.17. The molecule has 5 nitrogen and oxygen atoms in total. The smallest absolute Gasteiger partial charge is 0.356 e. The summed E-state index contributed by atoms with van der Waals surface area (Å²) in [5.41, 5.74) is 1.54. The van der Waals surface area contributed by atoms with Gasteiger partial charge in [0.1, 0.15) is 11.4 Å². The number of fused-ring (bicyclic) bond motifs is 3. The Kier molecular flexibility index (Phi) is 3.75. The van der Waals surface area contributed by atoms with Gasteiger partial charge in [-0.25, -0.2) is 9.48 Å². The zero-order chi connectivity index (χ0) is 18.6. The molecule has 0 spiro atoms. The van der Waals surface area contributed by atoms with Gasteiger partial charge >= 0.3 is 5.97 Å². The van der Waals surface area contributed by atoms with E-state index < -0.39 is 11.6 Å². The maximum Gasteiger partial charge on any atom is 0.356 e. The number of nitrogens with zero attached hydrogens (tertiary/aromatic N) is 2. The summed E-state index contributed by atoms with van der Waals surface area (Å²) in [4.78, 5) is 11.9. The summed E-state index contributed by atoms with van der Waals surface area (Å²) >= 11 is 12.4. The van der Waals surface area contributed by atoms with E-state index in [-0.39, 0.29) is 5.69 Å². The van der Waals surface area contributed by atoms with Crippen molar-refractivity contribution in [2.75, 3.05) is 0 Å². The van der Waals surface area contributed by atoms with E-state index in [0.29, 0.717) is 32.7 Å². The Morgan fingerprint density at radius 1 is 1.19 bits per heavy atom. The van der Waals surface area contributed by atoms with Crippen LogP contribution in [0.3, 0.4) is 0 Å². The van der Waals surface area contributed by atoms with Crippen molar-refractivity contribution in [2.24, 2.45) is 0 Å². The van der Waals surface area contributed by atoms with Gasteiger partial charge in [-0.05, 0) is 44.2 Å². The monoisotopic (exact) mass is 388 g/mol. The fourth-order valence-electron chi connectivity index (χ4n) is 3.29. The van der Waals surface area contributed by atoms with Crippen molar-refractivity contribution in [3.05, 3.63) is 63.8 Å². The van der Waals surface area contributed by atoms with Crippen LogP contribution in [0.1, 0.15) is 29.9 Å². The molecule has 0 saturated carbocycles. The Labute approximate surface area is 159 Å². The number of aromatic nitrogens is 2. The number of ether oxygens (including phenoxy) is 1. The van der Waals surface area contributed by atoms with Gasteiger partial charge in [-0.1, -0.05) is 35.3 Å². The largest absolute Gasteiger partial charge is 0.482 e. The predicted molar refractivity (Wildman–Crippen MR) is 99.6 cm³/mol. The molecular formula is C19H14Cl2N2O3. The normalized spacial score (nSPS) is 14.3. The fourth-order valence-corrected chi connectivity index (χ4v) is 3.78. The number of hydrogen-bond acceptors (Lipinski definition) is 3. The summed E-state index contributed by atoms with van der Waals surface area (Å²) in [6.45, 7) is 3.65. The molecular weight excluding hydrogens is 375 g/mol. The molecule has 0 atom stereocenters. The molecule has 0 saturated heterocycles. The third-order valence-electron chi connectivity index (χ3n) is 4.34. The number of carboxylic acids is 1. The van der Waals surface area contributed by atoms with Crippen LogP contribution in [0.15, 0.2) is 42.5 Å². The highest BCUT2D eigenvalue weighted by atomic mass is 35.5. The molecule has 0 radical (unpaired) electrons. The van der Waals surface area contributed by atoms with E-state index in [9.17, 15) is 9.90 Å². The van der Waals surface area contributed by atoms with Crippen LogP contribution >= 0.6 is 23.2 Å². The van der Waals surface area contributed by atoms with E-state index in [1.54, 1.807) is 22.9 Å². The molecule has 132 valence electrons. The van der Waals surface area contributed by atoms with E-state index in [0.717, 1.165) is 5.56 Å². The van der Waals surface area contributed by atoms with E-state index in [4.69, 9.17) is 27.9 Å². The summed E-state index contributed by atoms with van der Waals surface area (Å²) in [7, 11) is 0. The van der Waals surface area contributed by atoms with E-state index >= 15 is 0 Å². The van der Waals surface area contributed by atoms with Crippen molar-refractivity contribution in [1.82, 2.24) is 9.78 Å². The van der Waals surface area contributed by atoms with E-state index in [1.807, 2.05) is 38.1 Å². The molecule has 2 heterocycles. The number of para-hydroxylation sites is 1. The summed E-state index contributed by atoms with van der Waals surface area (Å²) < 4.78 is 7.62. The van der Waals surface area contributed by atoms with Crippen LogP contribution in [-0.2, 0) is 5.60 Å². The minimum Gasteiger partial charge on any atom is -0.482 e. The highest BCUT2D eigenvalue weighted by molar-refractivity contribution is 6.35. The third kappa shape index (κ3) is 2.47. The third-order valence-corrected chi connectivity index (χ3v) is 4.87. The van der Waals surface area contributed by atoms with Crippen LogP contribution in [-0.4, -0.2) is 20.9 Å². The molecule has 2 aromatic carbocycles. The van der Waals surface area contributed by atoms with E-state index in [2.05, 4.69) is 5.10 Å². The Balaban J connectivity index is 2.12. The molecule has 7 heteroatoms. The second-order valence-corrected chi connectivity index (χ2v) is 7.34. The lowest BCUT2D eigenvalue weighted by molar-refractivity contribution is 0.0665. The van der Waals surface area contributed by atoms with Crippen LogP contribution in [0.5, 0.6) is 5.75 Å². The average Bonchev–Trinajstić information content (AvgIpc) is 2.96. The van der Waals surface area contributed by atoms with Gasteiger partial charge in [-0.2, -0.15) is 5.10 Å². The lowest BCUT2D eigenvalue weighted by Gasteiger charge is -2.33. The standard InChI is InChI=1S/C19H14Cl2N2O3/c1-19(2)15-16(18(24)25)22-23(13-8-7-10(20)9-12(13)21)17(15)11-5-3-4-6-14(11)26-19/h3-9H,1-2H3,(H,24,25). The lowest BCUT2D eigenvalue weighted by atomic mass is 9.89. The summed E-state index contributed by atoms with van der Waals surface area (Å²) in [5.74, 6) is -0.464. The van der Waals surface area contributed by atoms with Gasteiger partial charge in [0.05, 0.1) is 22.0 Å². The highest BCUT2D eigenvalue weighted by Gasteiger charge is 2.41. The first kappa shape index (κ1) is 16.9. The minimum atomic E-state index is -1.12. The number of carboxylic acid groups (broad SMARTS) is 1. The van der Waals surface area contributed by atoms with Crippen molar-refractivity contribution in [3.8, 4) is 22.7 Å². The SMILES string of the molecule is CC1(C)Oc2ccccc2-c2c1c(C(=O)O)nn2-c1ccc(Cl)cc1Cl. The van der Waals surface area contributed by atoms with Gasteiger partial charge in [0, 0.05) is 10.6 Å². The van der Waals surface area contributed by atoms with Gasteiger partial charge in [0.2, 0.25) is 0 Å². The quantitative estimate of drug-likeness (QED) is 0.657. The molecule has 0 fully saturated rings. The lowest BCUT2D eigenvalue weighted by Crippen LogP contribution is -2.31. The number of hydrogen-bond donors (Lipinski definition) is 1. The van der Waals surface area contributed by atoms with Crippen molar-refractivity contribution >= 4 is 29.2 Å². The van der Waals surface area contributed by atoms with Crippen LogP contribution in [0.25, 0.3) is 16.9 Å². The Morgan fingerprint density at radius 2 is 1.92 bits per heavy atom. The second kappa shape index (κ2) is 5.76. The molecule has 1 N–H and O–H groups in total. The number of rotatable bonds is 2. The molecule has 0 unspecified atom stereocenters. The zero-order valence-electron chi connectivity index (χ0n) is 14.0. The maximum atomic E-state index is 11.9. The zero-order valence-corrected chi connectivity index (χ0v) is 15.5. The van der Waals surface area contributed by atoms with Crippen LogP contribution in [0, 0.1) is 0 Å². The van der Waals surface area contributed by atoms with Crippen molar-refractivity contribution < 1.29 is 14.6 Å². The summed E-state index contributed by atoms with van der Waals surface area (Å²) in [6.07, 6.45) is 0. The van der Waals surface area contributed by atoms with Crippen LogP contribution < -0.4 is 4.74 Å². The van der Waals surface area contributed by atoms with Gasteiger partial charge in [0.25, 0.3) is 0 Å². The first-order chi connectivity index (χ1) is 12.3. The van der Waals surface area contributed by atoms with Crippen molar-refractivity contribution in [3.63, 3.8) is 0 Å². The number of benzene rings is 2. The van der Waals surface area contributed by atoms with Crippen molar-refractivity contribution in [1.29, 1.82) is 0 Å². The molecule has 3 aromatic rings. The molecule has 0 bridgehead atoms. The first-order valence-electron chi connectivity index (χ1n) is 7.90. The van der Waals surface area contributed by atoms with Gasteiger partial charge in [-0.15, -0.1) is 0 Å². The Bertz CT molecular complexity index is 1060. The number of aromatic carboxylic acids is 1. The van der Waals surface area contributed by atoms with Crippen LogP contribution in [0.4, 0.5) is 0 Å². The Hall–Kier alpha value is -2.50. The summed E-state index contributed by atoms with van der Waals surface area (Å²) in [5, 5.41) is 14.9. The molecule has 0 aliphatic carbocycles. The number of halogens is 2. The molecule has 26 heavy (non-hydrogen) atoms. The molecule has 0 amide bonds. The van der Waals surface area contributed by atoms with E-state index in [1.165, 1.54) is 0 Å². The second-order valence-electron chi connectivity index (χ2n) is 6.49. The molecule has 1 aromatic heterocycles. The Morgan fingerprint density at radius 3 is 2.62 bits per heavy atom. The topological polar surface area (TPSA) is 64.3 Å². The van der Waals surface area contributed by atoms with Gasteiger partial charge in [0.15, 0.2) is 5.69 Å². The van der Waals surface area contributed by atoms with Gasteiger partial charge < -0.3 is 9.84 Å². The molecule has 1 aliphatic rings. The molecule has 1 aliphatic heterocycles. The fraction of sp³-hybridized carbons (Fsp3) is 0.158. The highest BCUT2D eigenvalue weighted by Crippen LogP contribution is 2.47. The maximum absolute atomic E-state index is 11.9. The van der Waals surface area contributed by atoms with Crippen LogP contribution in [0.2, 0.25) is 10.0 Å².